The molecule has 0 saturated carbocycles. The van der Waals surface area contributed by atoms with E-state index in [4.69, 9.17) is 4.98 Å². The number of nitrogens with one attached hydrogen (secondary N) is 1. The van der Waals surface area contributed by atoms with Crippen molar-refractivity contribution in [1.29, 1.82) is 0 Å². The van der Waals surface area contributed by atoms with Crippen molar-refractivity contribution in [1.82, 2.24) is 10.3 Å². The highest BCUT2D eigenvalue weighted by atomic mass is 32.1. The summed E-state index contributed by atoms with van der Waals surface area (Å²) in [6.45, 7) is 11.8. The van der Waals surface area contributed by atoms with Crippen LogP contribution in [0.4, 0.5) is 0 Å². The molecular weight excluding hydrogens is 264 g/mol. The zero-order valence-corrected chi connectivity index (χ0v) is 13.9. The monoisotopic (exact) mass is 288 g/mol. The molecule has 1 aromatic heterocycles. The van der Waals surface area contributed by atoms with Crippen LogP contribution in [0, 0.1) is 20.8 Å². The van der Waals surface area contributed by atoms with Gasteiger partial charge in [0.25, 0.3) is 0 Å². The quantitative estimate of drug-likeness (QED) is 0.888. The van der Waals surface area contributed by atoms with Gasteiger partial charge in [0.05, 0.1) is 10.7 Å². The lowest BCUT2D eigenvalue weighted by molar-refractivity contribution is 0.590. The van der Waals surface area contributed by atoms with Gasteiger partial charge in [-0.3, -0.25) is 0 Å². The van der Waals surface area contributed by atoms with Crippen molar-refractivity contribution in [2.45, 2.75) is 47.1 Å². The first-order valence-corrected chi connectivity index (χ1v) is 8.06. The van der Waals surface area contributed by atoms with Crippen LogP contribution in [0.2, 0.25) is 0 Å². The minimum Gasteiger partial charge on any atom is -0.314 e. The first-order valence-electron chi connectivity index (χ1n) is 7.24. The number of aromatic nitrogens is 1. The molecule has 2 nitrogen and oxygen atoms in total. The Balaban J connectivity index is 2.16. The number of thiazole rings is 1. The summed E-state index contributed by atoms with van der Waals surface area (Å²) in [5, 5.41) is 4.67. The molecule has 0 fully saturated rings. The Morgan fingerprint density at radius 1 is 1.15 bits per heavy atom. The molecule has 0 aliphatic rings. The van der Waals surface area contributed by atoms with Crippen LogP contribution >= 0.6 is 11.3 Å². The maximum atomic E-state index is 4.83. The van der Waals surface area contributed by atoms with E-state index in [1.54, 1.807) is 0 Å². The van der Waals surface area contributed by atoms with E-state index in [1.165, 1.54) is 26.6 Å². The van der Waals surface area contributed by atoms with E-state index in [-0.39, 0.29) is 0 Å². The molecule has 0 amide bonds. The Labute approximate surface area is 126 Å². The Morgan fingerprint density at radius 2 is 1.90 bits per heavy atom. The predicted octanol–water partition coefficient (Wildman–Crippen LogP) is 4.28. The van der Waals surface area contributed by atoms with Gasteiger partial charge in [0.1, 0.15) is 0 Å². The Morgan fingerprint density at radius 3 is 2.55 bits per heavy atom. The summed E-state index contributed by atoms with van der Waals surface area (Å²) in [5.41, 5.74) is 5.06. The van der Waals surface area contributed by atoms with Gasteiger partial charge in [-0.2, -0.15) is 0 Å². The van der Waals surface area contributed by atoms with Crippen LogP contribution in [0.25, 0.3) is 11.3 Å². The molecule has 0 spiro atoms. The summed E-state index contributed by atoms with van der Waals surface area (Å²) in [5.74, 6) is 0. The van der Waals surface area contributed by atoms with Crippen molar-refractivity contribution < 1.29 is 0 Å². The summed E-state index contributed by atoms with van der Waals surface area (Å²) in [6, 6.07) is 7.15. The minimum absolute atomic E-state index is 0.537. The maximum absolute atomic E-state index is 4.83. The highest BCUT2D eigenvalue weighted by molar-refractivity contribution is 7.12. The van der Waals surface area contributed by atoms with Crippen molar-refractivity contribution in [3.63, 3.8) is 0 Å². The summed E-state index contributed by atoms with van der Waals surface area (Å²) in [7, 11) is 0. The number of hydrogen-bond donors (Lipinski definition) is 1. The number of nitrogens with zero attached hydrogens (tertiary/aromatic N) is 1. The summed E-state index contributed by atoms with van der Waals surface area (Å²) in [4.78, 5) is 6.14. The van der Waals surface area contributed by atoms with Gasteiger partial charge in [0, 0.05) is 29.4 Å². The number of rotatable bonds is 5. The fraction of sp³-hybridized carbons (Fsp3) is 0.471. The summed E-state index contributed by atoms with van der Waals surface area (Å²) < 4.78 is 0. The van der Waals surface area contributed by atoms with Crippen molar-refractivity contribution in [2.75, 3.05) is 6.54 Å². The summed E-state index contributed by atoms with van der Waals surface area (Å²) in [6.07, 6.45) is 1.01. The minimum atomic E-state index is 0.537. The standard InChI is InChI=1S/C17H24N2S/c1-11(2)18-9-8-16-19-17(14(5)20-16)15-7-6-12(3)13(4)10-15/h6-7,10-11,18H,8-9H2,1-5H3. The topological polar surface area (TPSA) is 24.9 Å². The normalized spacial score (nSPS) is 11.3. The Bertz CT molecular complexity index is 585. The van der Waals surface area contributed by atoms with Gasteiger partial charge in [-0.1, -0.05) is 26.0 Å². The van der Waals surface area contributed by atoms with E-state index in [2.05, 4.69) is 58.1 Å². The molecular formula is C17H24N2S. The molecule has 2 aromatic rings. The van der Waals surface area contributed by atoms with Gasteiger partial charge in [-0.05, 0) is 38.0 Å². The third-order valence-electron chi connectivity index (χ3n) is 3.51. The van der Waals surface area contributed by atoms with Crippen molar-refractivity contribution in [2.24, 2.45) is 0 Å². The van der Waals surface area contributed by atoms with Crippen molar-refractivity contribution >= 4 is 11.3 Å². The lowest BCUT2D eigenvalue weighted by Gasteiger charge is -2.05. The number of hydrogen-bond acceptors (Lipinski definition) is 3. The first kappa shape index (κ1) is 15.2. The molecule has 0 atom stereocenters. The second kappa shape index (κ2) is 6.51. The molecule has 1 heterocycles. The second-order valence-corrected chi connectivity index (χ2v) is 6.96. The zero-order valence-electron chi connectivity index (χ0n) is 13.1. The maximum Gasteiger partial charge on any atom is 0.0948 e. The van der Waals surface area contributed by atoms with Crippen molar-refractivity contribution in [3.8, 4) is 11.3 Å². The molecule has 0 aliphatic heterocycles. The lowest BCUT2D eigenvalue weighted by atomic mass is 10.0. The lowest BCUT2D eigenvalue weighted by Crippen LogP contribution is -2.24. The van der Waals surface area contributed by atoms with Gasteiger partial charge in [0.2, 0.25) is 0 Å². The number of aryl methyl sites for hydroxylation is 3. The molecule has 0 unspecified atom stereocenters. The van der Waals surface area contributed by atoms with E-state index in [0.717, 1.165) is 18.7 Å². The predicted molar refractivity (Wildman–Crippen MR) is 88.6 cm³/mol. The third kappa shape index (κ3) is 3.68. The van der Waals surface area contributed by atoms with Crippen LogP contribution in [0.3, 0.4) is 0 Å². The SMILES string of the molecule is Cc1ccc(-c2nc(CCNC(C)C)sc2C)cc1C. The van der Waals surface area contributed by atoms with E-state index in [9.17, 15) is 0 Å². The molecule has 3 heteroatoms. The van der Waals surface area contributed by atoms with Crippen LogP contribution in [-0.4, -0.2) is 17.6 Å². The zero-order chi connectivity index (χ0) is 14.7. The van der Waals surface area contributed by atoms with E-state index < -0.39 is 0 Å². The molecule has 0 radical (unpaired) electrons. The molecule has 1 N–H and O–H groups in total. The highest BCUT2D eigenvalue weighted by Gasteiger charge is 2.10. The van der Waals surface area contributed by atoms with Gasteiger partial charge in [0.15, 0.2) is 0 Å². The van der Waals surface area contributed by atoms with E-state index in [0.29, 0.717) is 6.04 Å². The molecule has 1 aromatic carbocycles. The van der Waals surface area contributed by atoms with E-state index in [1.807, 2.05) is 11.3 Å². The molecule has 0 bridgehead atoms. The average molecular weight is 288 g/mol. The summed E-state index contributed by atoms with van der Waals surface area (Å²) >= 11 is 1.82. The molecule has 108 valence electrons. The van der Waals surface area contributed by atoms with Gasteiger partial charge >= 0.3 is 0 Å². The van der Waals surface area contributed by atoms with Gasteiger partial charge in [-0.25, -0.2) is 4.98 Å². The Hall–Kier alpha value is -1.19. The fourth-order valence-electron chi connectivity index (χ4n) is 2.18. The largest absolute Gasteiger partial charge is 0.314 e. The Kier molecular flexibility index (Phi) is 4.95. The molecule has 2 rings (SSSR count). The van der Waals surface area contributed by atoms with Crippen LogP contribution in [0.15, 0.2) is 18.2 Å². The van der Waals surface area contributed by atoms with Gasteiger partial charge < -0.3 is 5.32 Å². The van der Waals surface area contributed by atoms with Crippen molar-refractivity contribution in [3.05, 3.63) is 39.2 Å². The van der Waals surface area contributed by atoms with Gasteiger partial charge in [-0.15, -0.1) is 11.3 Å². The molecule has 0 saturated heterocycles. The average Bonchev–Trinajstić information content (AvgIpc) is 2.73. The fourth-order valence-corrected chi connectivity index (χ4v) is 3.14. The molecule has 0 aliphatic carbocycles. The highest BCUT2D eigenvalue weighted by Crippen LogP contribution is 2.28. The van der Waals surface area contributed by atoms with Crippen LogP contribution in [0.1, 0.15) is 34.9 Å². The van der Waals surface area contributed by atoms with Crippen LogP contribution in [0.5, 0.6) is 0 Å². The molecule has 20 heavy (non-hydrogen) atoms. The van der Waals surface area contributed by atoms with Crippen LogP contribution in [-0.2, 0) is 6.42 Å². The first-order chi connectivity index (χ1) is 9.47. The smallest absolute Gasteiger partial charge is 0.0948 e. The van der Waals surface area contributed by atoms with E-state index >= 15 is 0 Å². The second-order valence-electron chi connectivity index (χ2n) is 5.67. The third-order valence-corrected chi connectivity index (χ3v) is 4.54. The number of benzene rings is 1. The van der Waals surface area contributed by atoms with Crippen LogP contribution < -0.4 is 5.32 Å².